The number of nitrogens with one attached hydrogen (secondary N) is 3. The van der Waals surface area contributed by atoms with Gasteiger partial charge in [-0.05, 0) is 43.9 Å². The molecule has 3 amide bonds. The maximum atomic E-state index is 12.8. The molecule has 5 nitrogen and oxygen atoms in total. The van der Waals surface area contributed by atoms with Crippen LogP contribution in [0.3, 0.4) is 0 Å². The second kappa shape index (κ2) is 8.22. The molecule has 138 valence electrons. The third-order valence-electron chi connectivity index (χ3n) is 4.19. The summed E-state index contributed by atoms with van der Waals surface area (Å²) in [4.78, 5) is 23.6. The largest absolute Gasteiger partial charge is 0.391 e. The number of carbonyl (C=O) groups is 2. The van der Waals surface area contributed by atoms with Crippen LogP contribution in [-0.2, 0) is 4.79 Å². The maximum absolute atomic E-state index is 12.8. The van der Waals surface area contributed by atoms with E-state index in [4.69, 9.17) is 0 Å². The zero-order chi connectivity index (χ0) is 18.4. The summed E-state index contributed by atoms with van der Waals surface area (Å²) < 4.78 is 38.3. The minimum absolute atomic E-state index is 0.104. The molecule has 25 heavy (non-hydrogen) atoms. The van der Waals surface area contributed by atoms with Crippen molar-refractivity contribution in [2.75, 3.05) is 11.9 Å². The molecule has 1 fully saturated rings. The van der Waals surface area contributed by atoms with Crippen molar-refractivity contribution in [3.8, 4) is 0 Å². The highest BCUT2D eigenvalue weighted by atomic mass is 19.4. The molecule has 0 aromatic heterocycles. The van der Waals surface area contributed by atoms with Crippen LogP contribution in [0.15, 0.2) is 24.3 Å². The summed E-state index contributed by atoms with van der Waals surface area (Å²) in [5.74, 6) is -1.86. The predicted molar refractivity (Wildman–Crippen MR) is 88.1 cm³/mol. The normalized spacial score (nSPS) is 20.6. The standard InChI is InChI=1S/C17H22F3N3O2/c1-11-4-2-6-13(8-11)23-16(25)21-10-15(24)22-14-7-3-5-12(9-14)17(18,19)20/h2,4,6,8,12,14H,3,5,7,9-10H2,1H3,(H,22,24)(H2,21,23,25). The first-order valence-electron chi connectivity index (χ1n) is 8.21. The van der Waals surface area contributed by atoms with Crippen LogP contribution in [0.5, 0.6) is 0 Å². The Morgan fingerprint density at radius 1 is 1.24 bits per heavy atom. The first kappa shape index (κ1) is 19.1. The molecule has 1 saturated carbocycles. The summed E-state index contributed by atoms with van der Waals surface area (Å²) >= 11 is 0. The van der Waals surface area contributed by atoms with Crippen LogP contribution in [0.25, 0.3) is 0 Å². The van der Waals surface area contributed by atoms with Gasteiger partial charge in [-0.1, -0.05) is 18.6 Å². The van der Waals surface area contributed by atoms with Gasteiger partial charge in [0.25, 0.3) is 0 Å². The summed E-state index contributed by atoms with van der Waals surface area (Å²) in [6.45, 7) is 1.60. The van der Waals surface area contributed by atoms with Crippen molar-refractivity contribution in [3.05, 3.63) is 29.8 Å². The van der Waals surface area contributed by atoms with Crippen LogP contribution in [0, 0.1) is 12.8 Å². The minimum Gasteiger partial charge on any atom is -0.352 e. The Kier molecular flexibility index (Phi) is 6.27. The summed E-state index contributed by atoms with van der Waals surface area (Å²) in [7, 11) is 0. The topological polar surface area (TPSA) is 70.2 Å². The number of amides is 3. The number of alkyl halides is 3. The fraction of sp³-hybridized carbons (Fsp3) is 0.529. The van der Waals surface area contributed by atoms with Crippen molar-refractivity contribution in [3.63, 3.8) is 0 Å². The van der Waals surface area contributed by atoms with E-state index in [0.717, 1.165) is 5.56 Å². The molecule has 3 N–H and O–H groups in total. The molecule has 0 saturated heterocycles. The Hall–Kier alpha value is -2.25. The van der Waals surface area contributed by atoms with E-state index >= 15 is 0 Å². The lowest BCUT2D eigenvalue weighted by Crippen LogP contribution is -2.46. The number of halogens is 3. The second-order valence-electron chi connectivity index (χ2n) is 6.35. The highest BCUT2D eigenvalue weighted by Gasteiger charge is 2.42. The van der Waals surface area contributed by atoms with Gasteiger partial charge in [-0.2, -0.15) is 13.2 Å². The molecule has 0 heterocycles. The van der Waals surface area contributed by atoms with E-state index in [1.807, 2.05) is 13.0 Å². The van der Waals surface area contributed by atoms with E-state index in [1.54, 1.807) is 18.2 Å². The number of aryl methyl sites for hydroxylation is 1. The fourth-order valence-corrected chi connectivity index (χ4v) is 2.96. The van der Waals surface area contributed by atoms with Gasteiger partial charge in [-0.15, -0.1) is 0 Å². The van der Waals surface area contributed by atoms with Gasteiger partial charge in [0.05, 0.1) is 12.5 Å². The van der Waals surface area contributed by atoms with Gasteiger partial charge >= 0.3 is 12.2 Å². The van der Waals surface area contributed by atoms with Gasteiger partial charge < -0.3 is 16.0 Å². The molecular formula is C17H22F3N3O2. The van der Waals surface area contributed by atoms with Crippen molar-refractivity contribution in [1.29, 1.82) is 0 Å². The molecule has 0 spiro atoms. The Morgan fingerprint density at radius 2 is 2.00 bits per heavy atom. The molecule has 0 radical (unpaired) electrons. The van der Waals surface area contributed by atoms with E-state index in [0.29, 0.717) is 18.5 Å². The molecule has 1 aromatic rings. The van der Waals surface area contributed by atoms with Crippen molar-refractivity contribution < 1.29 is 22.8 Å². The molecule has 0 bridgehead atoms. The maximum Gasteiger partial charge on any atom is 0.391 e. The number of anilines is 1. The van der Waals surface area contributed by atoms with Crippen LogP contribution in [-0.4, -0.2) is 30.7 Å². The third kappa shape index (κ3) is 6.28. The van der Waals surface area contributed by atoms with E-state index in [1.165, 1.54) is 0 Å². The van der Waals surface area contributed by atoms with Crippen molar-refractivity contribution in [1.82, 2.24) is 10.6 Å². The van der Waals surface area contributed by atoms with Gasteiger partial charge in [0.1, 0.15) is 0 Å². The molecule has 1 aliphatic carbocycles. The lowest BCUT2D eigenvalue weighted by atomic mass is 9.85. The van der Waals surface area contributed by atoms with Gasteiger partial charge in [0.15, 0.2) is 0 Å². The number of benzene rings is 1. The van der Waals surface area contributed by atoms with Gasteiger partial charge in [0, 0.05) is 11.7 Å². The predicted octanol–water partition coefficient (Wildman–Crippen LogP) is 3.35. The van der Waals surface area contributed by atoms with Crippen molar-refractivity contribution in [2.24, 2.45) is 5.92 Å². The first-order chi connectivity index (χ1) is 11.7. The smallest absolute Gasteiger partial charge is 0.352 e. The molecule has 1 aliphatic rings. The number of urea groups is 1. The lowest BCUT2D eigenvalue weighted by molar-refractivity contribution is -0.184. The Morgan fingerprint density at radius 3 is 2.68 bits per heavy atom. The van der Waals surface area contributed by atoms with Crippen LogP contribution in [0.1, 0.15) is 31.2 Å². The number of carbonyl (C=O) groups excluding carboxylic acids is 2. The SMILES string of the molecule is Cc1cccc(NC(=O)NCC(=O)NC2CCCC(C(F)(F)F)C2)c1. The number of hydrogen-bond donors (Lipinski definition) is 3. The Bertz CT molecular complexity index is 619. The molecule has 8 heteroatoms. The summed E-state index contributed by atoms with van der Waals surface area (Å²) in [5, 5.41) is 7.55. The molecule has 2 atom stereocenters. The third-order valence-corrected chi connectivity index (χ3v) is 4.19. The molecule has 0 aliphatic heterocycles. The van der Waals surface area contributed by atoms with Crippen molar-refractivity contribution in [2.45, 2.75) is 44.8 Å². The monoisotopic (exact) mass is 357 g/mol. The van der Waals surface area contributed by atoms with E-state index < -0.39 is 30.1 Å². The number of hydrogen-bond acceptors (Lipinski definition) is 2. The second-order valence-corrected chi connectivity index (χ2v) is 6.35. The quantitative estimate of drug-likeness (QED) is 0.773. The Balaban J connectivity index is 1.74. The highest BCUT2D eigenvalue weighted by Crippen LogP contribution is 2.37. The van der Waals surface area contributed by atoms with Gasteiger partial charge in [-0.25, -0.2) is 4.79 Å². The fourth-order valence-electron chi connectivity index (χ4n) is 2.96. The molecule has 2 rings (SSSR count). The van der Waals surface area contributed by atoms with Gasteiger partial charge in [0.2, 0.25) is 5.91 Å². The lowest BCUT2D eigenvalue weighted by Gasteiger charge is -2.31. The van der Waals surface area contributed by atoms with Crippen LogP contribution in [0.4, 0.5) is 23.7 Å². The van der Waals surface area contributed by atoms with Crippen molar-refractivity contribution >= 4 is 17.6 Å². The summed E-state index contributed by atoms with van der Waals surface area (Å²) in [6, 6.07) is 6.12. The summed E-state index contributed by atoms with van der Waals surface area (Å²) in [5.41, 5.74) is 1.57. The Labute approximate surface area is 144 Å². The number of rotatable bonds is 4. The van der Waals surface area contributed by atoms with Crippen LogP contribution < -0.4 is 16.0 Å². The molecular weight excluding hydrogens is 335 g/mol. The average molecular weight is 357 g/mol. The average Bonchev–Trinajstić information content (AvgIpc) is 2.52. The summed E-state index contributed by atoms with van der Waals surface area (Å²) in [6.07, 6.45) is -3.28. The zero-order valence-corrected chi connectivity index (χ0v) is 14.0. The van der Waals surface area contributed by atoms with E-state index in [9.17, 15) is 22.8 Å². The first-order valence-corrected chi connectivity index (χ1v) is 8.21. The zero-order valence-electron chi connectivity index (χ0n) is 14.0. The van der Waals surface area contributed by atoms with Crippen LogP contribution >= 0.6 is 0 Å². The highest BCUT2D eigenvalue weighted by molar-refractivity contribution is 5.92. The van der Waals surface area contributed by atoms with E-state index in [-0.39, 0.29) is 19.4 Å². The molecule has 2 unspecified atom stereocenters. The van der Waals surface area contributed by atoms with E-state index in [2.05, 4.69) is 16.0 Å². The molecule has 1 aromatic carbocycles. The van der Waals surface area contributed by atoms with Crippen LogP contribution in [0.2, 0.25) is 0 Å². The van der Waals surface area contributed by atoms with Gasteiger partial charge in [-0.3, -0.25) is 4.79 Å². The minimum atomic E-state index is -4.23.